The molecule has 0 saturated heterocycles. The van der Waals surface area contributed by atoms with Gasteiger partial charge in [-0.2, -0.15) is 5.10 Å². The van der Waals surface area contributed by atoms with E-state index in [1.54, 1.807) is 12.1 Å². The summed E-state index contributed by atoms with van der Waals surface area (Å²) in [5, 5.41) is 19.1. The zero-order chi connectivity index (χ0) is 25.1. The Bertz CT molecular complexity index is 1370. The summed E-state index contributed by atoms with van der Waals surface area (Å²) < 4.78 is 14.6. The Labute approximate surface area is 200 Å². The van der Waals surface area contributed by atoms with E-state index in [0.29, 0.717) is 22.5 Å². The van der Waals surface area contributed by atoms with Gasteiger partial charge in [-0.3, -0.25) is 9.59 Å². The monoisotopic (exact) mass is 477 g/mol. The minimum atomic E-state index is -0.758. The topological polar surface area (TPSA) is 117 Å². The van der Waals surface area contributed by atoms with E-state index in [4.69, 9.17) is 5.11 Å². The zero-order valence-corrected chi connectivity index (χ0v) is 19.2. The van der Waals surface area contributed by atoms with Crippen molar-refractivity contribution in [3.8, 4) is 11.3 Å². The van der Waals surface area contributed by atoms with E-state index >= 15 is 0 Å². The highest BCUT2D eigenvalue weighted by molar-refractivity contribution is 6.06. The summed E-state index contributed by atoms with van der Waals surface area (Å²) in [7, 11) is 1.53. The van der Waals surface area contributed by atoms with Crippen LogP contribution in [-0.2, 0) is 11.3 Å². The lowest BCUT2D eigenvalue weighted by Gasteiger charge is -2.30. The third-order valence-corrected chi connectivity index (χ3v) is 5.66. The maximum atomic E-state index is 13.4. The van der Waals surface area contributed by atoms with Crippen molar-refractivity contribution in [2.75, 3.05) is 19.0 Å². The molecule has 0 radical (unpaired) electrons. The van der Waals surface area contributed by atoms with E-state index in [-0.39, 0.29) is 24.3 Å². The maximum absolute atomic E-state index is 13.4. The molecule has 3 aromatic rings. The summed E-state index contributed by atoms with van der Waals surface area (Å²) in [6.45, 7) is 1.68. The summed E-state index contributed by atoms with van der Waals surface area (Å²) in [6.07, 6.45) is 1.45. The van der Waals surface area contributed by atoms with Crippen molar-refractivity contribution in [1.29, 1.82) is 0 Å². The van der Waals surface area contributed by atoms with Gasteiger partial charge in [0.1, 0.15) is 5.82 Å². The van der Waals surface area contributed by atoms with Gasteiger partial charge < -0.3 is 20.6 Å². The van der Waals surface area contributed by atoms with Crippen LogP contribution in [0.4, 0.5) is 14.9 Å². The quantitative estimate of drug-likeness (QED) is 0.505. The number of benzene rings is 2. The molecule has 0 bridgehead atoms. The minimum absolute atomic E-state index is 0.0697. The Morgan fingerprint density at radius 1 is 1.14 bits per heavy atom. The fourth-order valence-electron chi connectivity index (χ4n) is 3.72. The number of hydrogen-bond acceptors (Lipinski definition) is 5. The first-order valence-electron chi connectivity index (χ1n) is 10.9. The van der Waals surface area contributed by atoms with Crippen LogP contribution in [0.5, 0.6) is 0 Å². The van der Waals surface area contributed by atoms with Crippen LogP contribution in [0.2, 0.25) is 0 Å². The van der Waals surface area contributed by atoms with Crippen LogP contribution < -0.4 is 16.2 Å². The van der Waals surface area contributed by atoms with E-state index in [1.165, 1.54) is 53.2 Å². The van der Waals surface area contributed by atoms with E-state index in [9.17, 15) is 18.8 Å². The van der Waals surface area contributed by atoms with E-state index < -0.39 is 23.8 Å². The van der Waals surface area contributed by atoms with Crippen molar-refractivity contribution in [2.24, 2.45) is 0 Å². The van der Waals surface area contributed by atoms with Crippen molar-refractivity contribution in [2.45, 2.75) is 19.5 Å². The molecule has 0 aliphatic carbocycles. The molecule has 1 aliphatic rings. The summed E-state index contributed by atoms with van der Waals surface area (Å²) in [4.78, 5) is 38.8. The molecule has 1 aromatic heterocycles. The summed E-state index contributed by atoms with van der Waals surface area (Å²) in [5.41, 5.74) is 2.99. The third-order valence-electron chi connectivity index (χ3n) is 5.66. The second-order valence-electron chi connectivity index (χ2n) is 8.12. The third kappa shape index (κ3) is 5.12. The first-order chi connectivity index (χ1) is 16.8. The second-order valence-corrected chi connectivity index (χ2v) is 8.12. The summed E-state index contributed by atoms with van der Waals surface area (Å²) >= 11 is 0. The van der Waals surface area contributed by atoms with Gasteiger partial charge in [0.05, 0.1) is 30.5 Å². The number of aliphatic hydroxyl groups is 1. The molecule has 3 amide bonds. The molecule has 35 heavy (non-hydrogen) atoms. The molecule has 4 rings (SSSR count). The number of amides is 3. The van der Waals surface area contributed by atoms with Crippen molar-refractivity contribution < 1.29 is 19.1 Å². The van der Waals surface area contributed by atoms with E-state index in [2.05, 4.69) is 15.7 Å². The lowest BCUT2D eigenvalue weighted by atomic mass is 9.97. The lowest BCUT2D eigenvalue weighted by Crippen LogP contribution is -2.44. The summed E-state index contributed by atoms with van der Waals surface area (Å²) in [5.74, 6) is -0.862. The number of nitrogens with zero attached hydrogens (tertiary/aromatic N) is 3. The largest absolute Gasteiger partial charge is 0.394 e. The molecule has 0 spiro atoms. The van der Waals surface area contributed by atoms with Gasteiger partial charge in [-0.15, -0.1) is 0 Å². The molecular formula is C25H24FN5O4. The molecule has 0 saturated carbocycles. The molecule has 0 unspecified atom stereocenters. The normalized spacial score (nSPS) is 15.4. The molecule has 3 N–H and O–H groups in total. The summed E-state index contributed by atoms with van der Waals surface area (Å²) in [6, 6.07) is 12.7. The van der Waals surface area contributed by atoms with Crippen LogP contribution in [0.3, 0.4) is 0 Å². The predicted octanol–water partition coefficient (Wildman–Crippen LogP) is 2.57. The van der Waals surface area contributed by atoms with Crippen molar-refractivity contribution in [3.63, 3.8) is 0 Å². The highest BCUT2D eigenvalue weighted by Gasteiger charge is 2.30. The number of rotatable bonds is 6. The van der Waals surface area contributed by atoms with E-state index in [0.717, 1.165) is 5.56 Å². The van der Waals surface area contributed by atoms with Crippen molar-refractivity contribution >= 4 is 17.6 Å². The molecule has 1 aliphatic heterocycles. The fraction of sp³-hybridized carbons (Fsp3) is 0.200. The van der Waals surface area contributed by atoms with Gasteiger partial charge in [0, 0.05) is 30.6 Å². The lowest BCUT2D eigenvalue weighted by molar-refractivity contribution is -0.113. The molecule has 2 aromatic carbocycles. The number of aromatic nitrogens is 2. The standard InChI is InChI=1S/C25H24FN5O4/c1-15-3-4-17(20-9-10-22(33)31(29-20)11-12-32)13-21(15)27-24(34)19-14-30(2)25(35)28-23(19)16-5-7-18(26)8-6-16/h3-10,13-14,23,32H,11-12H2,1-2H3,(H,27,34)(H,28,35)/t23-/m0/s1. The van der Waals surface area contributed by atoms with Gasteiger partial charge in [-0.25, -0.2) is 13.9 Å². The molecule has 10 heteroatoms. The SMILES string of the molecule is Cc1ccc(-c2ccc(=O)n(CCO)n2)cc1NC(=O)C1=CN(C)C(=O)N[C@H]1c1ccc(F)cc1. The maximum Gasteiger partial charge on any atom is 0.321 e. The number of anilines is 1. The Balaban J connectivity index is 1.65. The van der Waals surface area contributed by atoms with Crippen molar-refractivity contribution in [1.82, 2.24) is 20.0 Å². The van der Waals surface area contributed by atoms with Crippen LogP contribution in [-0.4, -0.2) is 45.4 Å². The minimum Gasteiger partial charge on any atom is -0.394 e. The van der Waals surface area contributed by atoms with Crippen molar-refractivity contribution in [3.05, 3.63) is 93.7 Å². The average Bonchev–Trinajstić information content (AvgIpc) is 2.84. The highest BCUT2D eigenvalue weighted by atomic mass is 19.1. The molecule has 2 heterocycles. The van der Waals surface area contributed by atoms with Crippen LogP contribution in [0.1, 0.15) is 17.2 Å². The first kappa shape index (κ1) is 23.8. The number of urea groups is 1. The van der Waals surface area contributed by atoms with Crippen LogP contribution in [0.25, 0.3) is 11.3 Å². The van der Waals surface area contributed by atoms with Crippen LogP contribution in [0.15, 0.2) is 71.2 Å². The highest BCUT2D eigenvalue weighted by Crippen LogP contribution is 2.29. The Morgan fingerprint density at radius 3 is 2.60 bits per heavy atom. The van der Waals surface area contributed by atoms with Crippen LogP contribution in [0, 0.1) is 12.7 Å². The first-order valence-corrected chi connectivity index (χ1v) is 10.9. The van der Waals surface area contributed by atoms with Gasteiger partial charge in [-0.05, 0) is 42.3 Å². The average molecular weight is 477 g/mol. The van der Waals surface area contributed by atoms with Gasteiger partial charge in [-0.1, -0.05) is 24.3 Å². The molecule has 0 fully saturated rings. The van der Waals surface area contributed by atoms with Gasteiger partial charge >= 0.3 is 6.03 Å². The molecule has 9 nitrogen and oxygen atoms in total. The smallest absolute Gasteiger partial charge is 0.321 e. The van der Waals surface area contributed by atoms with Gasteiger partial charge in [0.25, 0.3) is 11.5 Å². The Kier molecular flexibility index (Phi) is 6.74. The zero-order valence-electron chi connectivity index (χ0n) is 19.2. The Morgan fingerprint density at radius 2 is 1.89 bits per heavy atom. The van der Waals surface area contributed by atoms with Gasteiger partial charge in [0.2, 0.25) is 0 Å². The number of carbonyl (C=O) groups excluding carboxylic acids is 2. The predicted molar refractivity (Wildman–Crippen MR) is 128 cm³/mol. The molecule has 180 valence electrons. The molecular weight excluding hydrogens is 453 g/mol. The fourth-order valence-corrected chi connectivity index (χ4v) is 3.72. The number of aliphatic hydroxyl groups excluding tert-OH is 1. The van der Waals surface area contributed by atoms with E-state index in [1.807, 2.05) is 19.1 Å². The number of halogens is 1. The number of nitrogens with one attached hydrogen (secondary N) is 2. The Hall–Kier alpha value is -4.31. The van der Waals surface area contributed by atoms with Crippen LogP contribution >= 0.6 is 0 Å². The number of carbonyl (C=O) groups is 2. The molecule has 1 atom stereocenters. The van der Waals surface area contributed by atoms with Gasteiger partial charge in [0.15, 0.2) is 0 Å². The number of hydrogen-bond donors (Lipinski definition) is 3. The second kappa shape index (κ2) is 9.90. The number of aryl methyl sites for hydroxylation is 1.